The number of hydrogen-bond acceptors (Lipinski definition) is 4. The molecule has 1 aliphatic heterocycles. The van der Waals surface area contributed by atoms with Gasteiger partial charge in [0.25, 0.3) is 0 Å². The zero-order chi connectivity index (χ0) is 11.0. The second-order valence-corrected chi connectivity index (χ2v) is 3.83. The van der Waals surface area contributed by atoms with Crippen molar-refractivity contribution in [3.8, 4) is 0 Å². The molecule has 84 valence electrons. The molecule has 0 spiro atoms. The number of aromatic nitrogens is 1. The fourth-order valence-electron chi connectivity index (χ4n) is 1.94. The van der Waals surface area contributed by atoms with E-state index in [4.69, 9.17) is 9.15 Å². The van der Waals surface area contributed by atoms with Gasteiger partial charge in [0.2, 0.25) is 0 Å². The number of morpholine rings is 1. The van der Waals surface area contributed by atoms with Crippen LogP contribution < -0.4 is 11.1 Å². The van der Waals surface area contributed by atoms with Gasteiger partial charge in [0.05, 0.1) is 18.2 Å². The lowest BCUT2D eigenvalue weighted by molar-refractivity contribution is 0.0277. The minimum Gasteiger partial charge on any atom is -0.408 e. The van der Waals surface area contributed by atoms with Crippen molar-refractivity contribution in [2.75, 3.05) is 19.7 Å². The van der Waals surface area contributed by atoms with Crippen molar-refractivity contribution >= 4 is 11.1 Å². The summed E-state index contributed by atoms with van der Waals surface area (Å²) in [5.74, 6) is -0.421. The van der Waals surface area contributed by atoms with Gasteiger partial charge in [0.15, 0.2) is 5.58 Å². The molecule has 0 aliphatic carbocycles. The van der Waals surface area contributed by atoms with Gasteiger partial charge in [-0.3, -0.25) is 4.98 Å². The molecule has 1 fully saturated rings. The van der Waals surface area contributed by atoms with Crippen LogP contribution in [-0.4, -0.2) is 24.7 Å². The first-order valence-corrected chi connectivity index (χ1v) is 5.28. The molecule has 0 bridgehead atoms. The molecule has 2 heterocycles. The highest BCUT2D eigenvalue weighted by Crippen LogP contribution is 2.22. The van der Waals surface area contributed by atoms with Crippen molar-refractivity contribution in [2.24, 2.45) is 0 Å². The minimum atomic E-state index is -0.421. The highest BCUT2D eigenvalue weighted by molar-refractivity contribution is 5.72. The average molecular weight is 220 g/mol. The van der Waals surface area contributed by atoms with E-state index in [1.165, 1.54) is 0 Å². The van der Waals surface area contributed by atoms with Gasteiger partial charge in [-0.1, -0.05) is 6.07 Å². The van der Waals surface area contributed by atoms with Gasteiger partial charge in [-0.05, 0) is 17.7 Å². The van der Waals surface area contributed by atoms with Crippen LogP contribution in [0, 0.1) is 0 Å². The molecule has 3 rings (SSSR count). The molecule has 1 aromatic heterocycles. The first-order chi connectivity index (χ1) is 7.83. The number of H-pyrrole nitrogens is 1. The number of fused-ring (bicyclic) bond motifs is 1. The Morgan fingerprint density at radius 2 is 2.31 bits per heavy atom. The molecule has 2 N–H and O–H groups in total. The van der Waals surface area contributed by atoms with Crippen molar-refractivity contribution in [3.05, 3.63) is 34.3 Å². The molecule has 1 atom stereocenters. The van der Waals surface area contributed by atoms with Crippen LogP contribution >= 0.6 is 0 Å². The quantitative estimate of drug-likeness (QED) is 0.745. The number of oxazole rings is 1. The minimum absolute atomic E-state index is 0.0401. The SMILES string of the molecule is O=c1[nH]c2ccc(C3CNCCO3)cc2o1. The van der Waals surface area contributed by atoms with Gasteiger partial charge >= 0.3 is 5.76 Å². The smallest absolute Gasteiger partial charge is 0.408 e. The predicted molar refractivity (Wildman–Crippen MR) is 58.4 cm³/mol. The van der Waals surface area contributed by atoms with E-state index in [9.17, 15) is 4.79 Å². The topological polar surface area (TPSA) is 67.3 Å². The van der Waals surface area contributed by atoms with E-state index in [2.05, 4.69) is 10.3 Å². The van der Waals surface area contributed by atoms with Crippen LogP contribution in [0.4, 0.5) is 0 Å². The van der Waals surface area contributed by atoms with Crippen molar-refractivity contribution < 1.29 is 9.15 Å². The molecule has 1 aromatic carbocycles. The Bertz CT molecular complexity index is 552. The number of rotatable bonds is 1. The lowest BCUT2D eigenvalue weighted by Crippen LogP contribution is -2.33. The van der Waals surface area contributed by atoms with Crippen LogP contribution in [0.3, 0.4) is 0 Å². The van der Waals surface area contributed by atoms with E-state index >= 15 is 0 Å². The van der Waals surface area contributed by atoms with E-state index < -0.39 is 5.76 Å². The van der Waals surface area contributed by atoms with Crippen LogP contribution in [0.1, 0.15) is 11.7 Å². The molecule has 0 saturated carbocycles. The molecule has 5 heteroatoms. The van der Waals surface area contributed by atoms with Gasteiger partial charge in [0, 0.05) is 13.1 Å². The summed E-state index contributed by atoms with van der Waals surface area (Å²) in [5.41, 5.74) is 2.33. The molecular weight excluding hydrogens is 208 g/mol. The molecule has 5 nitrogen and oxygen atoms in total. The van der Waals surface area contributed by atoms with Gasteiger partial charge in [-0.2, -0.15) is 0 Å². The van der Waals surface area contributed by atoms with Crippen molar-refractivity contribution in [3.63, 3.8) is 0 Å². The van der Waals surface area contributed by atoms with Crippen LogP contribution in [0.15, 0.2) is 27.4 Å². The summed E-state index contributed by atoms with van der Waals surface area (Å²) in [6.45, 7) is 2.39. The second-order valence-electron chi connectivity index (χ2n) is 3.83. The van der Waals surface area contributed by atoms with E-state index in [1.54, 1.807) is 0 Å². The van der Waals surface area contributed by atoms with Crippen LogP contribution in [-0.2, 0) is 4.74 Å². The first-order valence-electron chi connectivity index (χ1n) is 5.28. The Kier molecular flexibility index (Phi) is 2.27. The fourth-order valence-corrected chi connectivity index (χ4v) is 1.94. The molecule has 0 amide bonds. The third-order valence-electron chi connectivity index (χ3n) is 2.74. The third-order valence-corrected chi connectivity index (χ3v) is 2.74. The van der Waals surface area contributed by atoms with Crippen LogP contribution in [0.5, 0.6) is 0 Å². The number of ether oxygens (including phenoxy) is 1. The summed E-state index contributed by atoms with van der Waals surface area (Å²) in [5, 5.41) is 3.26. The molecule has 1 aliphatic rings. The van der Waals surface area contributed by atoms with Crippen LogP contribution in [0.25, 0.3) is 11.1 Å². The number of hydrogen-bond donors (Lipinski definition) is 2. The first kappa shape index (κ1) is 9.62. The lowest BCUT2D eigenvalue weighted by Gasteiger charge is -2.23. The second kappa shape index (κ2) is 3.77. The monoisotopic (exact) mass is 220 g/mol. The Hall–Kier alpha value is -1.59. The number of aromatic amines is 1. The molecule has 0 radical (unpaired) electrons. The molecule has 16 heavy (non-hydrogen) atoms. The Morgan fingerprint density at radius 1 is 1.38 bits per heavy atom. The maximum absolute atomic E-state index is 11.0. The number of nitrogens with one attached hydrogen (secondary N) is 2. The standard InChI is InChI=1S/C11H12N2O3/c14-11-13-8-2-1-7(5-9(8)16-11)10-6-12-3-4-15-10/h1-2,5,10,12H,3-4,6H2,(H,13,14). The molecular formula is C11H12N2O3. The summed E-state index contributed by atoms with van der Waals surface area (Å²) in [7, 11) is 0. The zero-order valence-corrected chi connectivity index (χ0v) is 8.66. The maximum Gasteiger partial charge on any atom is 0.417 e. The van der Waals surface area contributed by atoms with E-state index in [0.29, 0.717) is 12.2 Å². The van der Waals surface area contributed by atoms with E-state index in [0.717, 1.165) is 24.2 Å². The van der Waals surface area contributed by atoms with Crippen molar-refractivity contribution in [2.45, 2.75) is 6.10 Å². The lowest BCUT2D eigenvalue weighted by atomic mass is 10.1. The predicted octanol–water partition coefficient (Wildman–Crippen LogP) is 0.782. The highest BCUT2D eigenvalue weighted by Gasteiger charge is 2.16. The summed E-state index contributed by atoms with van der Waals surface area (Å²) in [6.07, 6.45) is 0.0401. The molecule has 1 saturated heterocycles. The van der Waals surface area contributed by atoms with Crippen molar-refractivity contribution in [1.82, 2.24) is 10.3 Å². The summed E-state index contributed by atoms with van der Waals surface area (Å²) < 4.78 is 10.6. The molecule has 1 unspecified atom stereocenters. The summed E-state index contributed by atoms with van der Waals surface area (Å²) in [6, 6.07) is 5.64. The maximum atomic E-state index is 11.0. The van der Waals surface area contributed by atoms with Crippen molar-refractivity contribution in [1.29, 1.82) is 0 Å². The van der Waals surface area contributed by atoms with Gasteiger partial charge in [-0.15, -0.1) is 0 Å². The average Bonchev–Trinajstić information content (AvgIpc) is 2.69. The van der Waals surface area contributed by atoms with E-state index in [1.807, 2.05) is 18.2 Å². The largest absolute Gasteiger partial charge is 0.417 e. The Morgan fingerprint density at radius 3 is 3.12 bits per heavy atom. The summed E-state index contributed by atoms with van der Waals surface area (Å²) in [4.78, 5) is 13.6. The molecule has 2 aromatic rings. The van der Waals surface area contributed by atoms with Gasteiger partial charge in [-0.25, -0.2) is 4.79 Å². The Balaban J connectivity index is 2.00. The van der Waals surface area contributed by atoms with Gasteiger partial charge < -0.3 is 14.5 Å². The number of benzene rings is 1. The third kappa shape index (κ3) is 1.64. The normalized spacial score (nSPS) is 21.4. The highest BCUT2D eigenvalue weighted by atomic mass is 16.5. The zero-order valence-electron chi connectivity index (χ0n) is 8.66. The van der Waals surface area contributed by atoms with Gasteiger partial charge in [0.1, 0.15) is 0 Å². The fraction of sp³-hybridized carbons (Fsp3) is 0.364. The van der Waals surface area contributed by atoms with Crippen LogP contribution in [0.2, 0.25) is 0 Å². The summed E-state index contributed by atoms with van der Waals surface area (Å²) >= 11 is 0. The Labute approximate surface area is 91.4 Å². The van der Waals surface area contributed by atoms with E-state index in [-0.39, 0.29) is 6.10 Å².